The molecule has 1 aromatic heterocycles. The number of thiophene rings is 1. The van der Waals surface area contributed by atoms with Gasteiger partial charge in [0.2, 0.25) is 0 Å². The molecular weight excluding hydrogens is 356 g/mol. The highest BCUT2D eigenvalue weighted by Gasteiger charge is 2.23. The van der Waals surface area contributed by atoms with E-state index in [1.807, 2.05) is 12.1 Å². The molecule has 5 nitrogen and oxygen atoms in total. The van der Waals surface area contributed by atoms with Gasteiger partial charge in [-0.25, -0.2) is 4.79 Å². The van der Waals surface area contributed by atoms with Gasteiger partial charge in [-0.15, -0.1) is 11.3 Å². The molecule has 0 aliphatic carbocycles. The molecule has 2 aromatic rings. The highest BCUT2D eigenvalue weighted by molar-refractivity contribution is 9.11. The van der Waals surface area contributed by atoms with Crippen LogP contribution >= 0.6 is 27.3 Å². The summed E-state index contributed by atoms with van der Waals surface area (Å²) in [6.07, 6.45) is -0.360. The maximum Gasteiger partial charge on any atom is 0.414 e. The van der Waals surface area contributed by atoms with Gasteiger partial charge in [-0.05, 0) is 46.3 Å². The predicted molar refractivity (Wildman–Crippen MR) is 85.1 cm³/mol. The molecule has 2 amide bonds. The van der Waals surface area contributed by atoms with Crippen molar-refractivity contribution in [3.63, 3.8) is 0 Å². The lowest BCUT2D eigenvalue weighted by Crippen LogP contribution is -2.23. The molecule has 21 heavy (non-hydrogen) atoms. The van der Waals surface area contributed by atoms with Crippen molar-refractivity contribution < 1.29 is 14.3 Å². The third-order valence-corrected chi connectivity index (χ3v) is 4.60. The van der Waals surface area contributed by atoms with Crippen molar-refractivity contribution in [2.45, 2.75) is 0 Å². The predicted octanol–water partition coefficient (Wildman–Crippen LogP) is 3.72. The molecule has 7 heteroatoms. The lowest BCUT2D eigenvalue weighted by Gasteiger charge is -2.14. The minimum atomic E-state index is -0.360. The number of carbonyl (C=O) groups excluding carboxylic acids is 2. The molecule has 1 fully saturated rings. The van der Waals surface area contributed by atoms with Crippen molar-refractivity contribution in [1.82, 2.24) is 0 Å². The van der Waals surface area contributed by atoms with Crippen LogP contribution in [0.2, 0.25) is 0 Å². The van der Waals surface area contributed by atoms with Crippen molar-refractivity contribution in [3.05, 3.63) is 45.1 Å². The number of nitrogens with zero attached hydrogens (tertiary/aromatic N) is 1. The smallest absolute Gasteiger partial charge is 0.414 e. The van der Waals surface area contributed by atoms with Crippen molar-refractivity contribution in [2.75, 3.05) is 23.4 Å². The zero-order valence-corrected chi connectivity index (χ0v) is 13.2. The molecule has 0 saturated carbocycles. The Labute approximate surface area is 133 Å². The molecule has 108 valence electrons. The molecular formula is C14H11BrN2O3S. The van der Waals surface area contributed by atoms with Gasteiger partial charge in [-0.3, -0.25) is 9.69 Å². The van der Waals surface area contributed by atoms with Crippen LogP contribution in [0.1, 0.15) is 9.67 Å². The number of anilines is 2. The number of cyclic esters (lactones) is 1. The van der Waals surface area contributed by atoms with Gasteiger partial charge in [0.15, 0.2) is 0 Å². The third kappa shape index (κ3) is 3.08. The first-order valence-corrected chi connectivity index (χ1v) is 7.85. The van der Waals surface area contributed by atoms with E-state index in [2.05, 4.69) is 21.2 Å². The number of amides is 2. The van der Waals surface area contributed by atoms with Gasteiger partial charge in [-0.1, -0.05) is 6.07 Å². The molecule has 0 atom stereocenters. The number of carbonyl (C=O) groups is 2. The minimum absolute atomic E-state index is 0.174. The molecule has 1 aliphatic rings. The summed E-state index contributed by atoms with van der Waals surface area (Å²) < 4.78 is 5.81. The van der Waals surface area contributed by atoms with E-state index < -0.39 is 0 Å². The van der Waals surface area contributed by atoms with E-state index in [4.69, 9.17) is 4.74 Å². The van der Waals surface area contributed by atoms with Gasteiger partial charge in [0.05, 0.1) is 15.2 Å². The highest BCUT2D eigenvalue weighted by atomic mass is 79.9. The number of nitrogens with one attached hydrogen (secondary N) is 1. The van der Waals surface area contributed by atoms with Crippen molar-refractivity contribution >= 4 is 50.6 Å². The lowest BCUT2D eigenvalue weighted by atomic mass is 10.2. The van der Waals surface area contributed by atoms with E-state index >= 15 is 0 Å². The van der Waals surface area contributed by atoms with Crippen LogP contribution in [0.4, 0.5) is 16.2 Å². The molecule has 0 radical (unpaired) electrons. The molecule has 2 heterocycles. The first-order valence-electron chi connectivity index (χ1n) is 6.24. The van der Waals surface area contributed by atoms with Crippen LogP contribution in [0.15, 0.2) is 40.2 Å². The average molecular weight is 367 g/mol. The fraction of sp³-hybridized carbons (Fsp3) is 0.143. The summed E-state index contributed by atoms with van der Waals surface area (Å²) in [6.45, 7) is 0.909. The molecule has 1 N–H and O–H groups in total. The van der Waals surface area contributed by atoms with Crippen molar-refractivity contribution in [2.24, 2.45) is 0 Å². The van der Waals surface area contributed by atoms with Crippen LogP contribution in [-0.2, 0) is 4.74 Å². The van der Waals surface area contributed by atoms with E-state index in [1.54, 1.807) is 24.3 Å². The van der Waals surface area contributed by atoms with Crippen LogP contribution in [0.3, 0.4) is 0 Å². The number of halogens is 1. The zero-order valence-electron chi connectivity index (χ0n) is 10.8. The third-order valence-electron chi connectivity index (χ3n) is 2.97. The van der Waals surface area contributed by atoms with E-state index in [1.165, 1.54) is 16.2 Å². The highest BCUT2D eigenvalue weighted by Crippen LogP contribution is 2.25. The molecule has 3 rings (SSSR count). The normalized spacial score (nSPS) is 14.1. The van der Waals surface area contributed by atoms with Crippen LogP contribution < -0.4 is 10.2 Å². The number of rotatable bonds is 3. The Balaban J connectivity index is 1.77. The molecule has 0 bridgehead atoms. The van der Waals surface area contributed by atoms with Crippen molar-refractivity contribution in [1.29, 1.82) is 0 Å². The Hall–Kier alpha value is -1.86. The fourth-order valence-corrected chi connectivity index (χ4v) is 3.29. The Morgan fingerprint density at radius 1 is 1.33 bits per heavy atom. The van der Waals surface area contributed by atoms with Crippen LogP contribution in [0.5, 0.6) is 0 Å². The van der Waals surface area contributed by atoms with Crippen LogP contribution in [0.25, 0.3) is 0 Å². The lowest BCUT2D eigenvalue weighted by molar-refractivity contribution is 0.103. The maximum atomic E-state index is 12.1. The summed E-state index contributed by atoms with van der Waals surface area (Å²) in [4.78, 5) is 25.8. The van der Waals surface area contributed by atoms with Crippen LogP contribution in [0, 0.1) is 0 Å². The molecule has 0 unspecified atom stereocenters. The summed E-state index contributed by atoms with van der Waals surface area (Å²) in [5.74, 6) is -0.174. The molecule has 1 saturated heterocycles. The zero-order chi connectivity index (χ0) is 14.8. The van der Waals surface area contributed by atoms with Crippen LogP contribution in [-0.4, -0.2) is 25.2 Å². The Morgan fingerprint density at radius 3 is 2.86 bits per heavy atom. The second-order valence-electron chi connectivity index (χ2n) is 4.37. The van der Waals surface area contributed by atoms with E-state index in [0.717, 1.165) is 3.79 Å². The second kappa shape index (κ2) is 5.87. The monoisotopic (exact) mass is 366 g/mol. The second-order valence-corrected chi connectivity index (χ2v) is 6.84. The van der Waals surface area contributed by atoms with E-state index in [-0.39, 0.29) is 12.0 Å². The summed E-state index contributed by atoms with van der Waals surface area (Å²) in [6, 6.07) is 10.7. The van der Waals surface area contributed by atoms with Gasteiger partial charge in [0.25, 0.3) is 5.91 Å². The summed E-state index contributed by atoms with van der Waals surface area (Å²) in [5, 5.41) is 2.82. The van der Waals surface area contributed by atoms with Gasteiger partial charge >= 0.3 is 6.09 Å². The molecule has 1 aromatic carbocycles. The van der Waals surface area contributed by atoms with E-state index in [0.29, 0.717) is 29.4 Å². The Bertz CT molecular complexity index is 701. The number of hydrogen-bond acceptors (Lipinski definition) is 4. The fourth-order valence-electron chi connectivity index (χ4n) is 2.01. The van der Waals surface area contributed by atoms with Gasteiger partial charge in [0, 0.05) is 11.4 Å². The number of ether oxygens (including phenoxy) is 1. The average Bonchev–Trinajstić information content (AvgIpc) is 3.08. The number of hydrogen-bond donors (Lipinski definition) is 1. The Morgan fingerprint density at radius 2 is 2.19 bits per heavy atom. The van der Waals surface area contributed by atoms with Gasteiger partial charge in [-0.2, -0.15) is 0 Å². The topological polar surface area (TPSA) is 58.6 Å². The summed E-state index contributed by atoms with van der Waals surface area (Å²) in [7, 11) is 0. The maximum absolute atomic E-state index is 12.1. The first-order chi connectivity index (χ1) is 10.1. The molecule has 0 spiro atoms. The molecule has 1 aliphatic heterocycles. The minimum Gasteiger partial charge on any atom is -0.447 e. The standard InChI is InChI=1S/C14H11BrN2O3S/c15-12-5-4-11(21-12)13(18)16-9-2-1-3-10(8-9)17-6-7-20-14(17)19/h1-5,8H,6-7H2,(H,16,18). The quantitative estimate of drug-likeness (QED) is 0.900. The first kappa shape index (κ1) is 14.1. The Kier molecular flexibility index (Phi) is 3.94. The SMILES string of the molecule is O=C(Nc1cccc(N2CCOC2=O)c1)c1ccc(Br)s1. The van der Waals surface area contributed by atoms with Gasteiger partial charge in [0.1, 0.15) is 6.61 Å². The summed E-state index contributed by atoms with van der Waals surface area (Å²) >= 11 is 4.69. The number of benzene rings is 1. The van der Waals surface area contributed by atoms with Crippen molar-refractivity contribution in [3.8, 4) is 0 Å². The van der Waals surface area contributed by atoms with E-state index in [9.17, 15) is 9.59 Å². The summed E-state index contributed by atoms with van der Waals surface area (Å²) in [5.41, 5.74) is 1.35. The van der Waals surface area contributed by atoms with Gasteiger partial charge < -0.3 is 10.1 Å². The largest absolute Gasteiger partial charge is 0.447 e.